The molecule has 2 heterocycles. The van der Waals surface area contributed by atoms with Crippen LogP contribution in [0.15, 0.2) is 23.2 Å². The van der Waals surface area contributed by atoms with E-state index in [4.69, 9.17) is 9.47 Å². The third kappa shape index (κ3) is 7.71. The molecule has 2 amide bonds. The SMILES string of the molecule is CCOC(=O)Cn1c(=NC(=O)CS(=O)(=O)CC(=O)Nc2sc3c(c2C(=O)OC)CCCCC3)sc2cc([N+](=O)[O-])ccc21. The van der Waals surface area contributed by atoms with Crippen LogP contribution in [0.2, 0.25) is 0 Å². The zero-order valence-corrected chi connectivity index (χ0v) is 25.7. The summed E-state index contributed by atoms with van der Waals surface area (Å²) < 4.78 is 37.1. The maximum atomic E-state index is 12.8. The maximum Gasteiger partial charge on any atom is 0.341 e. The van der Waals surface area contributed by atoms with E-state index in [-0.39, 0.29) is 34.2 Å². The Bertz CT molecular complexity index is 1790. The molecule has 43 heavy (non-hydrogen) atoms. The molecule has 0 radical (unpaired) electrons. The van der Waals surface area contributed by atoms with E-state index in [9.17, 15) is 37.7 Å². The van der Waals surface area contributed by atoms with Crippen molar-refractivity contribution < 1.29 is 42.0 Å². The second-order valence-electron chi connectivity index (χ2n) is 9.53. The number of rotatable bonds is 10. The van der Waals surface area contributed by atoms with Gasteiger partial charge >= 0.3 is 11.9 Å². The molecule has 14 nitrogen and oxygen atoms in total. The van der Waals surface area contributed by atoms with Crippen LogP contribution in [0.5, 0.6) is 0 Å². The fraction of sp³-hybridized carbons (Fsp3) is 0.423. The number of anilines is 1. The van der Waals surface area contributed by atoms with E-state index in [1.54, 1.807) is 6.92 Å². The maximum absolute atomic E-state index is 12.8. The molecule has 0 atom stereocenters. The Balaban J connectivity index is 1.55. The number of aromatic nitrogens is 1. The summed E-state index contributed by atoms with van der Waals surface area (Å²) in [4.78, 5) is 65.6. The van der Waals surface area contributed by atoms with Gasteiger partial charge in [0.1, 0.15) is 23.1 Å². The van der Waals surface area contributed by atoms with Crippen molar-refractivity contribution in [2.75, 3.05) is 30.5 Å². The minimum atomic E-state index is -4.31. The summed E-state index contributed by atoms with van der Waals surface area (Å²) in [7, 11) is -3.09. The molecule has 1 aliphatic carbocycles. The molecule has 3 aromatic rings. The lowest BCUT2D eigenvalue weighted by Crippen LogP contribution is -2.29. The number of ether oxygens (including phenoxy) is 2. The van der Waals surface area contributed by atoms with Gasteiger partial charge in [-0.05, 0) is 44.2 Å². The fourth-order valence-corrected chi connectivity index (χ4v) is 8.03. The molecule has 0 bridgehead atoms. The molecule has 0 spiro atoms. The Hall–Kier alpha value is -3.96. The number of nitro benzene ring substituents is 1. The number of nitro groups is 1. The summed E-state index contributed by atoms with van der Waals surface area (Å²) in [6.07, 6.45) is 4.18. The Morgan fingerprint density at radius 1 is 1.12 bits per heavy atom. The summed E-state index contributed by atoms with van der Waals surface area (Å²) in [5, 5.41) is 13.9. The number of sulfone groups is 1. The van der Waals surface area contributed by atoms with E-state index in [0.29, 0.717) is 16.6 Å². The van der Waals surface area contributed by atoms with E-state index in [0.717, 1.165) is 47.5 Å². The molecule has 0 saturated heterocycles. The number of hydrogen-bond acceptors (Lipinski definition) is 12. The molecule has 0 fully saturated rings. The number of amides is 2. The van der Waals surface area contributed by atoms with Crippen molar-refractivity contribution in [1.82, 2.24) is 4.57 Å². The molecular formula is C26H28N4O10S3. The van der Waals surface area contributed by atoms with Gasteiger partial charge in [-0.1, -0.05) is 17.8 Å². The predicted molar refractivity (Wildman–Crippen MR) is 158 cm³/mol. The van der Waals surface area contributed by atoms with Crippen LogP contribution in [0.25, 0.3) is 10.2 Å². The van der Waals surface area contributed by atoms with Crippen molar-refractivity contribution in [2.45, 2.75) is 45.6 Å². The van der Waals surface area contributed by atoms with Crippen molar-refractivity contribution in [3.63, 3.8) is 0 Å². The van der Waals surface area contributed by atoms with Gasteiger partial charge in [-0.15, -0.1) is 11.3 Å². The van der Waals surface area contributed by atoms with Crippen molar-refractivity contribution in [1.29, 1.82) is 0 Å². The van der Waals surface area contributed by atoms with E-state index in [1.807, 2.05) is 0 Å². The summed E-state index contributed by atoms with van der Waals surface area (Å²) in [5.41, 5.74) is 1.15. The molecule has 4 rings (SSSR count). The Labute approximate surface area is 253 Å². The number of carbonyl (C=O) groups excluding carboxylic acids is 4. The average Bonchev–Trinajstić information content (AvgIpc) is 3.33. The number of thiazole rings is 1. The van der Waals surface area contributed by atoms with Crippen molar-refractivity contribution in [3.05, 3.63) is 49.1 Å². The number of benzene rings is 1. The van der Waals surface area contributed by atoms with Gasteiger partial charge in [0, 0.05) is 17.0 Å². The quantitative estimate of drug-likeness (QED) is 0.147. The van der Waals surface area contributed by atoms with Gasteiger partial charge in [-0.25, -0.2) is 13.2 Å². The fourth-order valence-electron chi connectivity index (χ4n) is 4.64. The highest BCUT2D eigenvalue weighted by Crippen LogP contribution is 2.38. The normalized spacial score (nSPS) is 13.7. The smallest absolute Gasteiger partial charge is 0.341 e. The molecule has 230 valence electrons. The van der Waals surface area contributed by atoms with Crippen LogP contribution in [-0.4, -0.2) is 66.9 Å². The molecule has 17 heteroatoms. The third-order valence-corrected chi connectivity index (χ3v) is 10.1. The Morgan fingerprint density at radius 3 is 2.56 bits per heavy atom. The van der Waals surface area contributed by atoms with Crippen LogP contribution >= 0.6 is 22.7 Å². The number of methoxy groups -OCH3 is 1. The summed E-state index contributed by atoms with van der Waals surface area (Å²) >= 11 is 2.06. The lowest BCUT2D eigenvalue weighted by atomic mass is 10.1. The van der Waals surface area contributed by atoms with Crippen LogP contribution in [0, 0.1) is 10.1 Å². The molecule has 0 aliphatic heterocycles. The van der Waals surface area contributed by atoms with Crippen LogP contribution < -0.4 is 10.1 Å². The highest BCUT2D eigenvalue weighted by molar-refractivity contribution is 7.92. The number of aryl methyl sites for hydroxylation is 1. The average molecular weight is 653 g/mol. The number of esters is 2. The van der Waals surface area contributed by atoms with Crippen molar-refractivity contribution in [3.8, 4) is 0 Å². The molecule has 1 aromatic carbocycles. The van der Waals surface area contributed by atoms with Gasteiger partial charge in [0.25, 0.3) is 11.6 Å². The number of non-ortho nitro benzene ring substituents is 1. The Kier molecular flexibility index (Phi) is 10.1. The summed E-state index contributed by atoms with van der Waals surface area (Å²) in [5.74, 6) is -5.48. The van der Waals surface area contributed by atoms with Crippen LogP contribution in [0.3, 0.4) is 0 Å². The third-order valence-electron chi connectivity index (χ3n) is 6.45. The van der Waals surface area contributed by atoms with E-state index in [2.05, 4.69) is 10.3 Å². The Morgan fingerprint density at radius 2 is 1.86 bits per heavy atom. The minimum absolute atomic E-state index is 0.0731. The number of fused-ring (bicyclic) bond motifs is 2. The molecule has 1 aliphatic rings. The molecule has 0 saturated carbocycles. The van der Waals surface area contributed by atoms with Gasteiger partial charge in [-0.3, -0.25) is 24.5 Å². The van der Waals surface area contributed by atoms with Gasteiger partial charge in [-0.2, -0.15) is 4.99 Å². The number of thiophene rings is 1. The summed E-state index contributed by atoms with van der Waals surface area (Å²) in [6.45, 7) is 1.33. The van der Waals surface area contributed by atoms with Gasteiger partial charge in [0.05, 0.1) is 34.4 Å². The number of carbonyl (C=O) groups is 4. The zero-order chi connectivity index (χ0) is 31.3. The number of nitrogens with one attached hydrogen (secondary N) is 1. The largest absolute Gasteiger partial charge is 0.465 e. The van der Waals surface area contributed by atoms with E-state index >= 15 is 0 Å². The molecule has 1 N–H and O–H groups in total. The van der Waals surface area contributed by atoms with Gasteiger partial charge < -0.3 is 19.4 Å². The minimum Gasteiger partial charge on any atom is -0.465 e. The predicted octanol–water partition coefficient (Wildman–Crippen LogP) is 2.77. The monoisotopic (exact) mass is 652 g/mol. The standard InChI is InChI=1S/C26H28N4O10S3/c1-3-40-22(33)12-29-17-10-9-15(30(35)36)11-19(17)42-26(29)28-21(32)14-43(37,38)13-20(31)27-24-23(25(34)39-2)16-7-5-4-6-8-18(16)41-24/h9-11H,3-8,12-14H2,1-2H3,(H,27,31). The highest BCUT2D eigenvalue weighted by Gasteiger charge is 2.28. The van der Waals surface area contributed by atoms with Crippen LogP contribution in [0.4, 0.5) is 10.7 Å². The van der Waals surface area contributed by atoms with Crippen LogP contribution in [0.1, 0.15) is 47.0 Å². The summed E-state index contributed by atoms with van der Waals surface area (Å²) in [6, 6.07) is 3.86. The first-order valence-electron chi connectivity index (χ1n) is 13.2. The number of hydrogen-bond donors (Lipinski definition) is 1. The number of nitrogens with zero attached hydrogens (tertiary/aromatic N) is 3. The first kappa shape index (κ1) is 32.0. The second-order valence-corrected chi connectivity index (χ2v) is 13.7. The zero-order valence-electron chi connectivity index (χ0n) is 23.2. The molecule has 0 unspecified atom stereocenters. The first-order chi connectivity index (χ1) is 20.4. The first-order valence-corrected chi connectivity index (χ1v) is 16.6. The highest BCUT2D eigenvalue weighted by atomic mass is 32.2. The van der Waals surface area contributed by atoms with Crippen LogP contribution in [-0.2, 0) is 53.1 Å². The van der Waals surface area contributed by atoms with Gasteiger partial charge in [0.15, 0.2) is 14.6 Å². The van der Waals surface area contributed by atoms with E-state index < -0.39 is 50.0 Å². The van der Waals surface area contributed by atoms with Crippen molar-refractivity contribution >= 4 is 77.2 Å². The lowest BCUT2D eigenvalue weighted by molar-refractivity contribution is -0.384. The van der Waals surface area contributed by atoms with Gasteiger partial charge in [0.2, 0.25) is 5.91 Å². The molecular weight excluding hydrogens is 625 g/mol. The molecule has 2 aromatic heterocycles. The second kappa shape index (κ2) is 13.6. The lowest BCUT2D eigenvalue weighted by Gasteiger charge is -2.08. The van der Waals surface area contributed by atoms with E-state index in [1.165, 1.54) is 41.2 Å². The van der Waals surface area contributed by atoms with Crippen molar-refractivity contribution in [2.24, 2.45) is 4.99 Å². The topological polar surface area (TPSA) is 193 Å².